The third kappa shape index (κ3) is 1.35. The molecule has 14 heavy (non-hydrogen) atoms. The van der Waals surface area contributed by atoms with Gasteiger partial charge in [0.2, 0.25) is 0 Å². The molecule has 0 unspecified atom stereocenters. The highest BCUT2D eigenvalue weighted by Crippen LogP contribution is 2.17. The number of imidazole rings is 1. The average Bonchev–Trinajstić information content (AvgIpc) is 2.59. The largest absolute Gasteiger partial charge is 0.387 e. The Bertz CT molecular complexity index is 443. The van der Waals surface area contributed by atoms with Gasteiger partial charge in [-0.1, -0.05) is 13.8 Å². The first-order valence-electron chi connectivity index (χ1n) is 4.87. The summed E-state index contributed by atoms with van der Waals surface area (Å²) < 4.78 is 2.14. The first-order chi connectivity index (χ1) is 6.72. The van der Waals surface area contributed by atoms with E-state index >= 15 is 0 Å². The van der Waals surface area contributed by atoms with Crippen molar-refractivity contribution in [3.63, 3.8) is 0 Å². The monoisotopic (exact) mass is 189 g/mol. The molecule has 2 aromatic heterocycles. The van der Waals surface area contributed by atoms with E-state index in [1.165, 1.54) is 0 Å². The van der Waals surface area contributed by atoms with Gasteiger partial charge in [0.1, 0.15) is 5.82 Å². The number of rotatable bonds is 2. The van der Waals surface area contributed by atoms with E-state index in [-0.39, 0.29) is 0 Å². The Balaban J connectivity index is 2.63. The first kappa shape index (κ1) is 9.06. The van der Waals surface area contributed by atoms with E-state index in [1.54, 1.807) is 0 Å². The van der Waals surface area contributed by atoms with E-state index in [0.717, 1.165) is 17.0 Å². The standard InChI is InChI=1S/C11H15N3/c1-8(2)11-13-6-10-5-4-9(12-3)7-14(10)11/h4-8,12H,1-3H3. The number of nitrogens with one attached hydrogen (secondary N) is 1. The van der Waals surface area contributed by atoms with Crippen molar-refractivity contribution >= 4 is 11.2 Å². The second-order valence-corrected chi connectivity index (χ2v) is 3.73. The van der Waals surface area contributed by atoms with Crippen LogP contribution in [0.5, 0.6) is 0 Å². The lowest BCUT2D eigenvalue weighted by Crippen LogP contribution is -1.98. The molecule has 0 aromatic carbocycles. The molecule has 74 valence electrons. The zero-order valence-electron chi connectivity index (χ0n) is 8.78. The van der Waals surface area contributed by atoms with Crippen molar-refractivity contribution < 1.29 is 0 Å². The number of anilines is 1. The fourth-order valence-electron chi connectivity index (χ4n) is 1.59. The van der Waals surface area contributed by atoms with Gasteiger partial charge in [-0.15, -0.1) is 0 Å². The molecule has 3 nitrogen and oxygen atoms in total. The van der Waals surface area contributed by atoms with E-state index in [0.29, 0.717) is 5.92 Å². The highest BCUT2D eigenvalue weighted by molar-refractivity contribution is 5.53. The Hall–Kier alpha value is -1.51. The second kappa shape index (κ2) is 3.33. The number of nitrogens with zero attached hydrogens (tertiary/aromatic N) is 2. The molecular formula is C11H15N3. The lowest BCUT2D eigenvalue weighted by molar-refractivity contribution is 0.770. The number of hydrogen-bond donors (Lipinski definition) is 1. The highest BCUT2D eigenvalue weighted by atomic mass is 15.0. The Morgan fingerprint density at radius 3 is 2.79 bits per heavy atom. The molecular weight excluding hydrogens is 174 g/mol. The minimum absolute atomic E-state index is 0.449. The van der Waals surface area contributed by atoms with Gasteiger partial charge in [-0.05, 0) is 12.1 Å². The molecule has 0 amide bonds. The minimum atomic E-state index is 0.449. The molecule has 0 aliphatic heterocycles. The average molecular weight is 189 g/mol. The zero-order valence-corrected chi connectivity index (χ0v) is 8.78. The molecule has 0 bridgehead atoms. The fraction of sp³-hybridized carbons (Fsp3) is 0.364. The van der Waals surface area contributed by atoms with Crippen LogP contribution < -0.4 is 5.32 Å². The van der Waals surface area contributed by atoms with Gasteiger partial charge in [0.15, 0.2) is 0 Å². The van der Waals surface area contributed by atoms with Crippen molar-refractivity contribution in [3.05, 3.63) is 30.4 Å². The van der Waals surface area contributed by atoms with Crippen molar-refractivity contribution in [3.8, 4) is 0 Å². The Morgan fingerprint density at radius 1 is 1.36 bits per heavy atom. The van der Waals surface area contributed by atoms with Crippen LogP contribution in [0, 0.1) is 0 Å². The number of pyridine rings is 1. The molecule has 2 aromatic rings. The predicted octanol–water partition coefficient (Wildman–Crippen LogP) is 2.50. The van der Waals surface area contributed by atoms with Gasteiger partial charge in [0, 0.05) is 19.2 Å². The SMILES string of the molecule is CNc1ccc2cnc(C(C)C)n2c1. The first-order valence-corrected chi connectivity index (χ1v) is 4.87. The summed E-state index contributed by atoms with van der Waals surface area (Å²) >= 11 is 0. The van der Waals surface area contributed by atoms with Crippen LogP contribution in [0.15, 0.2) is 24.5 Å². The molecule has 0 radical (unpaired) electrons. The summed E-state index contributed by atoms with van der Waals surface area (Å²) in [6.45, 7) is 4.31. The maximum Gasteiger partial charge on any atom is 0.115 e. The molecule has 0 aliphatic rings. The predicted molar refractivity (Wildman–Crippen MR) is 58.8 cm³/mol. The Kier molecular flexibility index (Phi) is 2.15. The molecule has 0 spiro atoms. The van der Waals surface area contributed by atoms with Crippen LogP contribution in [0.25, 0.3) is 5.52 Å². The smallest absolute Gasteiger partial charge is 0.115 e. The third-order valence-electron chi connectivity index (χ3n) is 2.36. The fourth-order valence-corrected chi connectivity index (χ4v) is 1.59. The minimum Gasteiger partial charge on any atom is -0.387 e. The summed E-state index contributed by atoms with van der Waals surface area (Å²) in [6, 6.07) is 4.13. The lowest BCUT2D eigenvalue weighted by atomic mass is 10.2. The van der Waals surface area contributed by atoms with Gasteiger partial charge in [0.25, 0.3) is 0 Å². The quantitative estimate of drug-likeness (QED) is 0.786. The summed E-state index contributed by atoms with van der Waals surface area (Å²) in [5.41, 5.74) is 2.25. The molecule has 1 N–H and O–H groups in total. The van der Waals surface area contributed by atoms with E-state index < -0.39 is 0 Å². The number of hydrogen-bond acceptors (Lipinski definition) is 2. The maximum absolute atomic E-state index is 4.41. The van der Waals surface area contributed by atoms with Crippen LogP contribution in [0.4, 0.5) is 5.69 Å². The summed E-state index contributed by atoms with van der Waals surface area (Å²) in [7, 11) is 1.92. The lowest BCUT2D eigenvalue weighted by Gasteiger charge is -2.06. The molecule has 3 heteroatoms. The van der Waals surface area contributed by atoms with Gasteiger partial charge in [-0.2, -0.15) is 0 Å². The van der Waals surface area contributed by atoms with Crippen molar-refractivity contribution in [2.24, 2.45) is 0 Å². The van der Waals surface area contributed by atoms with E-state index in [9.17, 15) is 0 Å². The summed E-state index contributed by atoms with van der Waals surface area (Å²) in [5.74, 6) is 1.56. The molecule has 0 saturated carbocycles. The van der Waals surface area contributed by atoms with Crippen molar-refractivity contribution in [2.75, 3.05) is 12.4 Å². The molecule has 0 aliphatic carbocycles. The molecule has 0 atom stereocenters. The molecule has 2 heterocycles. The normalized spacial score (nSPS) is 11.1. The van der Waals surface area contributed by atoms with Gasteiger partial charge in [-0.3, -0.25) is 0 Å². The maximum atomic E-state index is 4.41. The topological polar surface area (TPSA) is 29.3 Å². The van der Waals surface area contributed by atoms with Crippen molar-refractivity contribution in [1.82, 2.24) is 9.38 Å². The molecule has 0 fully saturated rings. The van der Waals surface area contributed by atoms with Crippen LogP contribution in [0.1, 0.15) is 25.6 Å². The van der Waals surface area contributed by atoms with Crippen molar-refractivity contribution in [1.29, 1.82) is 0 Å². The van der Waals surface area contributed by atoms with Crippen LogP contribution in [0.2, 0.25) is 0 Å². The van der Waals surface area contributed by atoms with Crippen molar-refractivity contribution in [2.45, 2.75) is 19.8 Å². The van der Waals surface area contributed by atoms with E-state index in [4.69, 9.17) is 0 Å². The summed E-state index contributed by atoms with van der Waals surface area (Å²) in [5, 5.41) is 3.13. The van der Waals surface area contributed by atoms with Gasteiger partial charge in [-0.25, -0.2) is 4.98 Å². The summed E-state index contributed by atoms with van der Waals surface area (Å²) in [4.78, 5) is 4.41. The van der Waals surface area contributed by atoms with Crippen LogP contribution in [-0.4, -0.2) is 16.4 Å². The highest BCUT2D eigenvalue weighted by Gasteiger charge is 2.06. The Labute approximate surface area is 83.8 Å². The number of aromatic nitrogens is 2. The third-order valence-corrected chi connectivity index (χ3v) is 2.36. The van der Waals surface area contributed by atoms with Crippen LogP contribution in [-0.2, 0) is 0 Å². The van der Waals surface area contributed by atoms with Crippen LogP contribution >= 0.6 is 0 Å². The summed E-state index contributed by atoms with van der Waals surface area (Å²) in [6.07, 6.45) is 3.99. The molecule has 0 saturated heterocycles. The second-order valence-electron chi connectivity index (χ2n) is 3.73. The molecule has 2 rings (SSSR count). The van der Waals surface area contributed by atoms with Gasteiger partial charge < -0.3 is 9.72 Å². The zero-order chi connectivity index (χ0) is 10.1. The van der Waals surface area contributed by atoms with Gasteiger partial charge >= 0.3 is 0 Å². The number of fused-ring (bicyclic) bond motifs is 1. The van der Waals surface area contributed by atoms with E-state index in [1.807, 2.05) is 13.2 Å². The Morgan fingerprint density at radius 2 is 2.14 bits per heavy atom. The van der Waals surface area contributed by atoms with E-state index in [2.05, 4.69) is 46.9 Å². The van der Waals surface area contributed by atoms with Gasteiger partial charge in [0.05, 0.1) is 17.4 Å². The van der Waals surface area contributed by atoms with Crippen LogP contribution in [0.3, 0.4) is 0 Å².